The van der Waals surface area contributed by atoms with Gasteiger partial charge in [0.1, 0.15) is 4.90 Å². The Morgan fingerprint density at radius 2 is 1.90 bits per heavy atom. The van der Waals surface area contributed by atoms with Crippen LogP contribution < -0.4 is 5.14 Å². The predicted molar refractivity (Wildman–Crippen MR) is 125 cm³/mol. The number of primary sulfonamides is 1. The van der Waals surface area contributed by atoms with Crippen LogP contribution in [0.2, 0.25) is 10.0 Å². The van der Waals surface area contributed by atoms with Gasteiger partial charge < -0.3 is 10.0 Å². The third-order valence-electron chi connectivity index (χ3n) is 4.49. The van der Waals surface area contributed by atoms with Crippen molar-refractivity contribution >= 4 is 67.1 Å². The minimum atomic E-state index is -4.06. The monoisotopic (exact) mass is 539 g/mol. The van der Waals surface area contributed by atoms with Crippen molar-refractivity contribution in [2.24, 2.45) is 10.1 Å². The highest BCUT2D eigenvalue weighted by Crippen LogP contribution is 2.42. The van der Waals surface area contributed by atoms with Crippen LogP contribution in [0.1, 0.15) is 11.1 Å². The van der Waals surface area contributed by atoms with Gasteiger partial charge in [0.05, 0.1) is 15.8 Å². The molecule has 1 fully saturated rings. The molecule has 1 unspecified atom stereocenters. The van der Waals surface area contributed by atoms with Gasteiger partial charge in [-0.25, -0.2) is 13.6 Å². The van der Waals surface area contributed by atoms with Crippen LogP contribution in [-0.2, 0) is 22.2 Å². The van der Waals surface area contributed by atoms with E-state index in [1.807, 2.05) is 30.3 Å². The lowest BCUT2D eigenvalue weighted by Gasteiger charge is -2.32. The molecule has 3 N–H and O–H groups in total. The van der Waals surface area contributed by atoms with Gasteiger partial charge in [0, 0.05) is 19.2 Å². The van der Waals surface area contributed by atoms with Crippen LogP contribution in [0, 0.1) is 0 Å². The molecule has 0 radical (unpaired) electrons. The van der Waals surface area contributed by atoms with Gasteiger partial charge in [-0.15, -0.1) is 17.0 Å². The second-order valence-electron chi connectivity index (χ2n) is 6.37. The van der Waals surface area contributed by atoms with E-state index in [2.05, 4.69) is 4.99 Å². The second kappa shape index (κ2) is 9.55. The van der Waals surface area contributed by atoms with Crippen molar-refractivity contribution in [1.82, 2.24) is 4.90 Å². The van der Waals surface area contributed by atoms with Gasteiger partial charge in [0.2, 0.25) is 10.0 Å². The zero-order valence-electron chi connectivity index (χ0n) is 15.4. The molecule has 0 aliphatic carbocycles. The highest BCUT2D eigenvalue weighted by molar-refractivity contribution is 8.93. The highest BCUT2D eigenvalue weighted by Gasteiger charge is 2.44. The molecule has 1 aliphatic rings. The summed E-state index contributed by atoms with van der Waals surface area (Å²) in [5.74, 6) is 0.235. The number of halogens is 3. The molecule has 0 bridgehead atoms. The van der Waals surface area contributed by atoms with Gasteiger partial charge in [-0.1, -0.05) is 65.3 Å². The molecular formula is C18H20BrCl2N3O3S2. The number of aliphatic hydroxyl groups is 1. The summed E-state index contributed by atoms with van der Waals surface area (Å²) in [6, 6.07) is 12.5. The van der Waals surface area contributed by atoms with Crippen molar-refractivity contribution < 1.29 is 13.5 Å². The number of amidine groups is 1. The van der Waals surface area contributed by atoms with E-state index in [0.717, 1.165) is 6.42 Å². The molecule has 2 aromatic carbocycles. The molecule has 11 heteroatoms. The summed E-state index contributed by atoms with van der Waals surface area (Å²) in [5.41, 5.74) is -0.144. The summed E-state index contributed by atoms with van der Waals surface area (Å²) in [4.78, 5) is 5.88. The Kier molecular flexibility index (Phi) is 8.06. The molecule has 29 heavy (non-hydrogen) atoms. The molecule has 1 aliphatic heterocycles. The second-order valence-corrected chi connectivity index (χ2v) is 9.66. The smallest absolute Gasteiger partial charge is 0.239 e. The summed E-state index contributed by atoms with van der Waals surface area (Å²) in [5, 5.41) is 17.2. The first kappa shape index (κ1) is 24.5. The number of rotatable bonds is 5. The normalized spacial score (nSPS) is 20.7. The van der Waals surface area contributed by atoms with E-state index in [-0.39, 0.29) is 43.2 Å². The van der Waals surface area contributed by atoms with Gasteiger partial charge in [-0.05, 0) is 24.1 Å². The van der Waals surface area contributed by atoms with Crippen LogP contribution in [0.4, 0.5) is 0 Å². The number of aliphatic imine (C=N–C) groups is 1. The molecular weight excluding hydrogens is 521 g/mol. The molecule has 158 valence electrons. The minimum Gasteiger partial charge on any atom is -0.366 e. The first-order valence-corrected chi connectivity index (χ1v) is 11.6. The first-order valence-electron chi connectivity index (χ1n) is 8.32. The Morgan fingerprint density at radius 3 is 2.52 bits per heavy atom. The van der Waals surface area contributed by atoms with E-state index in [0.29, 0.717) is 11.7 Å². The van der Waals surface area contributed by atoms with Crippen LogP contribution in [0.25, 0.3) is 0 Å². The Bertz CT molecular complexity index is 1020. The fourth-order valence-corrected chi connectivity index (χ4v) is 5.58. The van der Waals surface area contributed by atoms with E-state index < -0.39 is 15.7 Å². The van der Waals surface area contributed by atoms with Crippen LogP contribution >= 0.6 is 51.9 Å². The number of thioether (sulfide) groups is 1. The molecule has 0 saturated carbocycles. The summed E-state index contributed by atoms with van der Waals surface area (Å²) in [7, 11) is -2.38. The lowest BCUT2D eigenvalue weighted by molar-refractivity contribution is -0.0349. The quantitative estimate of drug-likeness (QED) is 0.603. The zero-order valence-corrected chi connectivity index (χ0v) is 20.2. The first-order chi connectivity index (χ1) is 13.1. The summed E-state index contributed by atoms with van der Waals surface area (Å²) < 4.78 is 23.6. The van der Waals surface area contributed by atoms with Crippen LogP contribution in [0.15, 0.2) is 52.4 Å². The van der Waals surface area contributed by atoms with Gasteiger partial charge in [-0.3, -0.25) is 4.99 Å². The molecule has 1 saturated heterocycles. The van der Waals surface area contributed by atoms with Crippen molar-refractivity contribution in [1.29, 1.82) is 0 Å². The maximum Gasteiger partial charge on any atom is 0.239 e. The van der Waals surface area contributed by atoms with Crippen molar-refractivity contribution in [2.75, 3.05) is 19.3 Å². The lowest BCUT2D eigenvalue weighted by Crippen LogP contribution is -2.42. The zero-order chi connectivity index (χ0) is 20.5. The van der Waals surface area contributed by atoms with Gasteiger partial charge in [0.15, 0.2) is 10.9 Å². The Hall–Kier alpha value is -0.810. The average Bonchev–Trinajstić information content (AvgIpc) is 2.91. The van der Waals surface area contributed by atoms with E-state index in [4.69, 9.17) is 28.3 Å². The Balaban J connectivity index is 0.00000300. The third kappa shape index (κ3) is 5.28. The average molecular weight is 541 g/mol. The summed E-state index contributed by atoms with van der Waals surface area (Å²) >= 11 is 13.6. The van der Waals surface area contributed by atoms with Crippen LogP contribution in [0.5, 0.6) is 0 Å². The fraction of sp³-hybridized carbons (Fsp3) is 0.278. The van der Waals surface area contributed by atoms with Crippen LogP contribution in [0.3, 0.4) is 0 Å². The predicted octanol–water partition coefficient (Wildman–Crippen LogP) is 3.64. The van der Waals surface area contributed by atoms with E-state index in [1.165, 1.54) is 29.5 Å². The largest absolute Gasteiger partial charge is 0.366 e. The standard InChI is InChI=1S/C18H19Cl2N3O3S2.BrH/c1-23-17(22-8-7-12-5-3-2-4-6-12)27-11-18(23,24)13-9-16(28(21,25)26)15(20)10-14(13)19;/h2-6,9-10,24H,7-8,11H2,1H3,(H2,21,25,26);1H. The van der Waals surface area contributed by atoms with Crippen molar-refractivity contribution in [3.63, 3.8) is 0 Å². The molecule has 3 rings (SSSR count). The van der Waals surface area contributed by atoms with Gasteiger partial charge in [-0.2, -0.15) is 0 Å². The molecule has 0 aromatic heterocycles. The SMILES string of the molecule is Br.CN1C(=NCCc2ccccc2)SCC1(O)c1cc(S(N)(=O)=O)c(Cl)cc1Cl. The summed E-state index contributed by atoms with van der Waals surface area (Å²) in [6.07, 6.45) is 0.772. The number of hydrogen-bond donors (Lipinski definition) is 2. The number of benzene rings is 2. The number of nitrogens with zero attached hydrogens (tertiary/aromatic N) is 2. The van der Waals surface area contributed by atoms with Crippen molar-refractivity contribution in [2.45, 2.75) is 17.0 Å². The highest BCUT2D eigenvalue weighted by atomic mass is 79.9. The topological polar surface area (TPSA) is 96.0 Å². The lowest BCUT2D eigenvalue weighted by atomic mass is 10.0. The molecule has 1 atom stereocenters. The van der Waals surface area contributed by atoms with E-state index in [1.54, 1.807) is 11.9 Å². The number of nitrogens with two attached hydrogens (primary N) is 1. The minimum absolute atomic E-state index is 0. The summed E-state index contributed by atoms with van der Waals surface area (Å²) in [6.45, 7) is 0.559. The maximum absolute atomic E-state index is 11.8. The molecule has 1 heterocycles. The molecule has 0 spiro atoms. The van der Waals surface area contributed by atoms with Crippen molar-refractivity contribution in [3.8, 4) is 0 Å². The number of sulfonamides is 1. The molecule has 2 aromatic rings. The number of hydrogen-bond acceptors (Lipinski definition) is 5. The van der Waals surface area contributed by atoms with E-state index >= 15 is 0 Å². The van der Waals surface area contributed by atoms with Crippen LogP contribution in [-0.4, -0.2) is 42.9 Å². The molecule has 0 amide bonds. The maximum atomic E-state index is 11.8. The Labute approximate surface area is 194 Å². The van der Waals surface area contributed by atoms with Gasteiger partial charge >= 0.3 is 0 Å². The third-order valence-corrected chi connectivity index (χ3v) is 7.39. The van der Waals surface area contributed by atoms with Gasteiger partial charge in [0.25, 0.3) is 0 Å². The van der Waals surface area contributed by atoms with Crippen molar-refractivity contribution in [3.05, 3.63) is 63.6 Å². The fourth-order valence-electron chi connectivity index (χ4n) is 2.91. The Morgan fingerprint density at radius 1 is 1.24 bits per heavy atom. The molecule has 6 nitrogen and oxygen atoms in total. The van der Waals surface area contributed by atoms with E-state index in [9.17, 15) is 13.5 Å².